The van der Waals surface area contributed by atoms with Gasteiger partial charge in [-0.15, -0.1) is 0 Å². The van der Waals surface area contributed by atoms with Gasteiger partial charge in [0.15, 0.2) is 9.84 Å². The number of aromatic amines is 1. The van der Waals surface area contributed by atoms with Crippen LogP contribution in [0, 0.1) is 13.8 Å². The van der Waals surface area contributed by atoms with Crippen LogP contribution in [0.3, 0.4) is 0 Å². The van der Waals surface area contributed by atoms with Gasteiger partial charge in [0.2, 0.25) is 0 Å². The molecular formula is C12H19NO3S. The molecule has 0 saturated carbocycles. The van der Waals surface area contributed by atoms with E-state index in [0.717, 1.165) is 11.3 Å². The molecule has 1 aromatic rings. The molecule has 0 saturated heterocycles. The molecule has 4 nitrogen and oxygen atoms in total. The van der Waals surface area contributed by atoms with Gasteiger partial charge in [-0.25, -0.2) is 8.42 Å². The molecule has 0 spiro atoms. The van der Waals surface area contributed by atoms with Gasteiger partial charge in [-0.05, 0) is 45.2 Å². The summed E-state index contributed by atoms with van der Waals surface area (Å²) in [5.74, 6) is 0. The van der Waals surface area contributed by atoms with Crippen molar-refractivity contribution >= 4 is 9.84 Å². The van der Waals surface area contributed by atoms with Crippen molar-refractivity contribution in [3.05, 3.63) is 27.2 Å². The van der Waals surface area contributed by atoms with Gasteiger partial charge < -0.3 is 4.98 Å². The maximum atomic E-state index is 12.1. The van der Waals surface area contributed by atoms with Crippen molar-refractivity contribution < 1.29 is 8.42 Å². The fourth-order valence-electron chi connectivity index (χ4n) is 2.00. The summed E-state index contributed by atoms with van der Waals surface area (Å²) in [4.78, 5) is 14.4. The maximum absolute atomic E-state index is 12.1. The molecule has 96 valence electrons. The normalized spacial score (nSPS) is 12.1. The number of nitrogens with one attached hydrogen (secondary N) is 1. The monoisotopic (exact) mass is 257 g/mol. The zero-order valence-electron chi connectivity index (χ0n) is 10.9. The Hall–Kier alpha value is -1.10. The number of pyridine rings is 1. The van der Waals surface area contributed by atoms with Gasteiger partial charge in [-0.3, -0.25) is 4.79 Å². The van der Waals surface area contributed by atoms with E-state index in [4.69, 9.17) is 0 Å². The van der Waals surface area contributed by atoms with Crippen LogP contribution in [0.4, 0.5) is 0 Å². The highest BCUT2D eigenvalue weighted by Crippen LogP contribution is 2.21. The Morgan fingerprint density at radius 1 is 1.24 bits per heavy atom. The summed E-state index contributed by atoms with van der Waals surface area (Å²) < 4.78 is 24.3. The second-order valence-electron chi connectivity index (χ2n) is 4.46. The van der Waals surface area contributed by atoms with Crippen LogP contribution in [-0.2, 0) is 16.3 Å². The summed E-state index contributed by atoms with van der Waals surface area (Å²) in [5.41, 5.74) is 1.73. The van der Waals surface area contributed by atoms with Crippen LogP contribution in [0.1, 0.15) is 37.6 Å². The number of hydrogen-bond acceptors (Lipinski definition) is 3. The lowest BCUT2D eigenvalue weighted by atomic mass is 10.1. The van der Waals surface area contributed by atoms with E-state index in [0.29, 0.717) is 12.0 Å². The highest BCUT2D eigenvalue weighted by molar-refractivity contribution is 7.92. The number of H-pyrrole nitrogens is 1. The third-order valence-corrected chi connectivity index (χ3v) is 5.31. The van der Waals surface area contributed by atoms with Crippen LogP contribution in [0.5, 0.6) is 0 Å². The van der Waals surface area contributed by atoms with Gasteiger partial charge >= 0.3 is 0 Å². The molecule has 0 unspecified atom stereocenters. The van der Waals surface area contributed by atoms with Crippen molar-refractivity contribution in [1.29, 1.82) is 0 Å². The molecule has 0 fully saturated rings. The average molecular weight is 257 g/mol. The smallest absolute Gasteiger partial charge is 0.267 e. The molecule has 0 aliphatic rings. The number of aryl methyl sites for hydroxylation is 1. The van der Waals surface area contributed by atoms with E-state index in [1.165, 1.54) is 0 Å². The Kier molecular flexibility index (Phi) is 3.81. The molecule has 1 aromatic heterocycles. The lowest BCUT2D eigenvalue weighted by Gasteiger charge is -2.14. The molecule has 0 radical (unpaired) electrons. The summed E-state index contributed by atoms with van der Waals surface area (Å²) in [6.45, 7) is 8.61. The molecule has 0 bridgehead atoms. The lowest BCUT2D eigenvalue weighted by molar-refractivity contribution is 0.584. The third-order valence-electron chi connectivity index (χ3n) is 3.01. The van der Waals surface area contributed by atoms with Gasteiger partial charge in [0, 0.05) is 5.69 Å². The predicted octanol–water partition coefficient (Wildman–Crippen LogP) is 1.74. The zero-order valence-corrected chi connectivity index (χ0v) is 11.7. The van der Waals surface area contributed by atoms with Crippen LogP contribution >= 0.6 is 0 Å². The number of sulfone groups is 1. The van der Waals surface area contributed by atoms with Crippen molar-refractivity contribution in [3.63, 3.8) is 0 Å². The van der Waals surface area contributed by atoms with Crippen molar-refractivity contribution in [2.75, 3.05) is 0 Å². The Balaban J connectivity index is 3.74. The minimum Gasteiger partial charge on any atom is -0.325 e. The summed E-state index contributed by atoms with van der Waals surface area (Å²) in [7, 11) is -3.53. The van der Waals surface area contributed by atoms with E-state index in [1.807, 2.05) is 6.92 Å². The zero-order chi connectivity index (χ0) is 13.4. The predicted molar refractivity (Wildman–Crippen MR) is 68.2 cm³/mol. The molecule has 0 aromatic carbocycles. The number of hydrogen-bond donors (Lipinski definition) is 1. The molecule has 0 aliphatic carbocycles. The standard InChI is InChI=1S/C12H19NO3S/c1-6-10-8(4)11(12(14)13-9(10)5)17(15,16)7(2)3/h7H,6H2,1-5H3,(H,13,14). The summed E-state index contributed by atoms with van der Waals surface area (Å²) in [6, 6.07) is 0. The molecule has 1 rings (SSSR count). The molecule has 0 amide bonds. The van der Waals surface area contributed by atoms with E-state index in [2.05, 4.69) is 4.98 Å². The van der Waals surface area contributed by atoms with Crippen LogP contribution in [0.25, 0.3) is 0 Å². The fourth-order valence-corrected chi connectivity index (χ4v) is 3.33. The van der Waals surface area contributed by atoms with E-state index in [-0.39, 0.29) is 4.90 Å². The second kappa shape index (κ2) is 4.64. The summed E-state index contributed by atoms with van der Waals surface area (Å²) >= 11 is 0. The highest BCUT2D eigenvalue weighted by Gasteiger charge is 2.26. The second-order valence-corrected chi connectivity index (χ2v) is 6.90. The Morgan fingerprint density at radius 2 is 1.76 bits per heavy atom. The molecule has 1 heterocycles. The summed E-state index contributed by atoms with van der Waals surface area (Å²) in [6.07, 6.45) is 0.703. The lowest BCUT2D eigenvalue weighted by Crippen LogP contribution is -2.26. The largest absolute Gasteiger partial charge is 0.325 e. The molecule has 5 heteroatoms. The van der Waals surface area contributed by atoms with Crippen LogP contribution < -0.4 is 5.56 Å². The fraction of sp³-hybridized carbons (Fsp3) is 0.583. The SMILES string of the molecule is CCc1c(C)[nH]c(=O)c(S(=O)(=O)C(C)C)c1C. The average Bonchev–Trinajstić information content (AvgIpc) is 2.16. The molecule has 17 heavy (non-hydrogen) atoms. The molecule has 0 aliphatic heterocycles. The first-order valence-electron chi connectivity index (χ1n) is 5.69. The third kappa shape index (κ3) is 2.29. The van der Waals surface area contributed by atoms with E-state index in [9.17, 15) is 13.2 Å². The summed E-state index contributed by atoms with van der Waals surface area (Å²) in [5, 5.41) is -0.588. The van der Waals surface area contributed by atoms with Crippen LogP contribution in [0.2, 0.25) is 0 Å². The molecule has 1 N–H and O–H groups in total. The number of rotatable bonds is 3. The first kappa shape index (κ1) is 14.0. The maximum Gasteiger partial charge on any atom is 0.267 e. The molecule has 0 atom stereocenters. The van der Waals surface area contributed by atoms with E-state index < -0.39 is 20.6 Å². The van der Waals surface area contributed by atoms with Gasteiger partial charge in [0.1, 0.15) is 4.90 Å². The first-order valence-corrected chi connectivity index (χ1v) is 7.24. The highest BCUT2D eigenvalue weighted by atomic mass is 32.2. The van der Waals surface area contributed by atoms with Gasteiger partial charge in [0.05, 0.1) is 5.25 Å². The van der Waals surface area contributed by atoms with E-state index in [1.54, 1.807) is 27.7 Å². The van der Waals surface area contributed by atoms with Crippen molar-refractivity contribution in [1.82, 2.24) is 4.98 Å². The van der Waals surface area contributed by atoms with Gasteiger partial charge in [-0.1, -0.05) is 6.92 Å². The van der Waals surface area contributed by atoms with Crippen LogP contribution in [0.15, 0.2) is 9.69 Å². The Labute approximate surface area is 102 Å². The minimum atomic E-state index is -3.53. The van der Waals surface area contributed by atoms with E-state index >= 15 is 0 Å². The molecular weight excluding hydrogens is 238 g/mol. The Bertz CT molecular complexity index is 583. The van der Waals surface area contributed by atoms with Crippen molar-refractivity contribution in [2.24, 2.45) is 0 Å². The topological polar surface area (TPSA) is 67.0 Å². The van der Waals surface area contributed by atoms with Crippen LogP contribution in [-0.4, -0.2) is 18.7 Å². The Morgan fingerprint density at radius 3 is 2.18 bits per heavy atom. The quantitative estimate of drug-likeness (QED) is 0.896. The minimum absolute atomic E-state index is 0.0741. The van der Waals surface area contributed by atoms with Crippen molar-refractivity contribution in [2.45, 2.75) is 51.2 Å². The van der Waals surface area contributed by atoms with Gasteiger partial charge in [-0.2, -0.15) is 0 Å². The number of aromatic nitrogens is 1. The van der Waals surface area contributed by atoms with Gasteiger partial charge in [0.25, 0.3) is 5.56 Å². The van der Waals surface area contributed by atoms with Crippen molar-refractivity contribution in [3.8, 4) is 0 Å². The first-order chi connectivity index (χ1) is 7.73.